The summed E-state index contributed by atoms with van der Waals surface area (Å²) in [6, 6.07) is 16.5. The zero-order valence-electron chi connectivity index (χ0n) is 12.0. The van der Waals surface area contributed by atoms with E-state index in [0.717, 1.165) is 18.2 Å². The number of hydrogen-bond acceptors (Lipinski definition) is 3. The van der Waals surface area contributed by atoms with Crippen molar-refractivity contribution in [3.05, 3.63) is 76.8 Å². The van der Waals surface area contributed by atoms with Gasteiger partial charge in [-0.2, -0.15) is 4.79 Å². The van der Waals surface area contributed by atoms with Crippen molar-refractivity contribution in [2.75, 3.05) is 7.11 Å². The normalized spacial score (nSPS) is 9.68. The van der Waals surface area contributed by atoms with Crippen LogP contribution in [-0.2, 0) is 16.0 Å². The summed E-state index contributed by atoms with van der Waals surface area (Å²) in [4.78, 5) is 26.7. The predicted molar refractivity (Wildman–Crippen MR) is 80.7 cm³/mol. The van der Waals surface area contributed by atoms with Gasteiger partial charge in [-0.25, -0.2) is 4.79 Å². The van der Waals surface area contributed by atoms with Gasteiger partial charge in [0.1, 0.15) is 0 Å². The van der Waals surface area contributed by atoms with Gasteiger partial charge in [0.05, 0.1) is 7.11 Å². The predicted octanol–water partition coefficient (Wildman–Crippen LogP) is 2.30. The number of esters is 1. The molecule has 2 aromatic rings. The molecule has 0 bridgehead atoms. The second-order valence-corrected chi connectivity index (χ2v) is 4.59. The molecular weight excluding hydrogens is 280 g/mol. The van der Waals surface area contributed by atoms with Crippen LogP contribution in [0.1, 0.15) is 21.5 Å². The Hall–Kier alpha value is -3.04. The Labute approximate surface area is 127 Å². The van der Waals surface area contributed by atoms with Gasteiger partial charge in [0.25, 0.3) is 5.78 Å². The van der Waals surface area contributed by atoms with E-state index in [1.807, 2.05) is 36.4 Å². The monoisotopic (exact) mass is 294 g/mol. The lowest BCUT2D eigenvalue weighted by Gasteiger charge is -2.06. The van der Waals surface area contributed by atoms with Crippen molar-refractivity contribution in [2.24, 2.45) is 0 Å². The number of rotatable bonds is 5. The highest BCUT2D eigenvalue weighted by molar-refractivity contribution is 6.65. The molecule has 5 nitrogen and oxygen atoms in total. The molecule has 22 heavy (non-hydrogen) atoms. The van der Waals surface area contributed by atoms with E-state index in [-0.39, 0.29) is 0 Å². The molecule has 0 fully saturated rings. The second kappa shape index (κ2) is 7.11. The van der Waals surface area contributed by atoms with E-state index in [1.165, 1.54) is 0 Å². The van der Waals surface area contributed by atoms with Crippen LogP contribution in [0.5, 0.6) is 0 Å². The molecule has 2 rings (SSSR count). The summed E-state index contributed by atoms with van der Waals surface area (Å²) in [5, 5.41) is 0. The Morgan fingerprint density at radius 3 is 2.32 bits per heavy atom. The van der Waals surface area contributed by atoms with Gasteiger partial charge in [-0.05, 0) is 17.5 Å². The molecule has 0 aliphatic rings. The number of hydrogen-bond donors (Lipinski definition) is 0. The van der Waals surface area contributed by atoms with Crippen molar-refractivity contribution >= 4 is 17.5 Å². The Kier molecular flexibility index (Phi) is 4.96. The van der Waals surface area contributed by atoms with Crippen LogP contribution in [0, 0.1) is 0 Å². The van der Waals surface area contributed by atoms with Gasteiger partial charge >= 0.3 is 11.7 Å². The average molecular weight is 294 g/mol. The first kappa shape index (κ1) is 15.4. The standard InChI is InChI=1S/C17H14N2O3/c1-22-17(21)15(19-18)16(20)14-10-6-5-9-13(14)11-12-7-3-2-4-8-12/h2-10H,11H2,1H3. The maximum absolute atomic E-state index is 12.4. The minimum Gasteiger partial charge on any atom is -0.460 e. The number of Topliss-reactive ketones (excluding diaryl/α,β-unsaturated/α-hetero) is 1. The maximum Gasteiger partial charge on any atom is 0.446 e. The number of carbonyl (C=O) groups is 2. The van der Waals surface area contributed by atoms with Crippen LogP contribution >= 0.6 is 0 Å². The van der Waals surface area contributed by atoms with Crippen molar-refractivity contribution in [1.82, 2.24) is 0 Å². The van der Waals surface area contributed by atoms with Crippen molar-refractivity contribution in [3.8, 4) is 0 Å². The van der Waals surface area contributed by atoms with E-state index in [2.05, 4.69) is 9.53 Å². The molecule has 110 valence electrons. The average Bonchev–Trinajstić information content (AvgIpc) is 2.56. The lowest BCUT2D eigenvalue weighted by atomic mass is 9.95. The highest BCUT2D eigenvalue weighted by Crippen LogP contribution is 2.15. The number of ether oxygens (including phenoxy) is 1. The Morgan fingerprint density at radius 2 is 1.68 bits per heavy atom. The fraction of sp³-hybridized carbons (Fsp3) is 0.118. The molecule has 0 heterocycles. The quantitative estimate of drug-likeness (QED) is 0.212. The zero-order chi connectivity index (χ0) is 15.9. The summed E-state index contributed by atoms with van der Waals surface area (Å²) in [6.45, 7) is 0. The molecule has 0 aliphatic carbocycles. The smallest absolute Gasteiger partial charge is 0.446 e. The highest BCUT2D eigenvalue weighted by Gasteiger charge is 2.32. The SMILES string of the molecule is COC(=O)C(=[N+]=[N-])C(=O)c1ccccc1Cc1ccccc1. The van der Waals surface area contributed by atoms with Gasteiger partial charge in [-0.1, -0.05) is 54.6 Å². The topological polar surface area (TPSA) is 79.8 Å². The number of ketones is 1. The van der Waals surface area contributed by atoms with Gasteiger partial charge in [-0.15, -0.1) is 0 Å². The molecule has 0 saturated carbocycles. The molecule has 5 heteroatoms. The molecule has 0 spiro atoms. The molecule has 0 atom stereocenters. The summed E-state index contributed by atoms with van der Waals surface area (Å²) in [6.07, 6.45) is 0.530. The maximum atomic E-state index is 12.4. The summed E-state index contributed by atoms with van der Waals surface area (Å²) < 4.78 is 4.45. The lowest BCUT2D eigenvalue weighted by molar-refractivity contribution is -0.137. The van der Waals surface area contributed by atoms with E-state index >= 15 is 0 Å². The van der Waals surface area contributed by atoms with Gasteiger partial charge in [-0.3, -0.25) is 4.79 Å². The summed E-state index contributed by atoms with van der Waals surface area (Å²) in [5.74, 6) is -1.64. The van der Waals surface area contributed by atoms with Gasteiger partial charge in [0, 0.05) is 5.56 Å². The minimum absolute atomic E-state index is 0.310. The molecule has 0 aliphatic heterocycles. The van der Waals surface area contributed by atoms with Crippen LogP contribution in [0.3, 0.4) is 0 Å². The largest absolute Gasteiger partial charge is 0.460 e. The third-order valence-electron chi connectivity index (χ3n) is 3.19. The Morgan fingerprint density at radius 1 is 1.05 bits per heavy atom. The van der Waals surface area contributed by atoms with Gasteiger partial charge in [0.15, 0.2) is 0 Å². The summed E-state index contributed by atoms with van der Waals surface area (Å²) >= 11 is 0. The number of benzene rings is 2. The van der Waals surface area contributed by atoms with Crippen LogP contribution in [-0.4, -0.2) is 29.4 Å². The molecule has 0 N–H and O–H groups in total. The summed E-state index contributed by atoms with van der Waals surface area (Å²) in [5.41, 5.74) is 10.4. The lowest BCUT2D eigenvalue weighted by Crippen LogP contribution is -2.27. The van der Waals surface area contributed by atoms with Crippen molar-refractivity contribution in [3.63, 3.8) is 0 Å². The van der Waals surface area contributed by atoms with Crippen molar-refractivity contribution < 1.29 is 19.1 Å². The van der Waals surface area contributed by atoms with Crippen LogP contribution in [0.25, 0.3) is 5.53 Å². The molecule has 0 unspecified atom stereocenters. The molecular formula is C17H14N2O3. The zero-order valence-corrected chi connectivity index (χ0v) is 12.0. The first-order valence-electron chi connectivity index (χ1n) is 6.64. The number of methoxy groups -OCH3 is 1. The number of carbonyl (C=O) groups excluding carboxylic acids is 2. The molecule has 0 amide bonds. The Balaban J connectivity index is 2.38. The fourth-order valence-corrected chi connectivity index (χ4v) is 2.11. The van der Waals surface area contributed by atoms with E-state index < -0.39 is 17.5 Å². The van der Waals surface area contributed by atoms with Crippen molar-refractivity contribution in [1.29, 1.82) is 0 Å². The van der Waals surface area contributed by atoms with E-state index in [1.54, 1.807) is 18.2 Å². The fourth-order valence-electron chi connectivity index (χ4n) is 2.11. The van der Waals surface area contributed by atoms with E-state index in [9.17, 15) is 9.59 Å². The van der Waals surface area contributed by atoms with Crippen molar-refractivity contribution in [2.45, 2.75) is 6.42 Å². The molecule has 0 saturated heterocycles. The van der Waals surface area contributed by atoms with Crippen LogP contribution in [0.2, 0.25) is 0 Å². The van der Waals surface area contributed by atoms with Gasteiger partial charge < -0.3 is 10.3 Å². The minimum atomic E-state index is -0.970. The first-order valence-corrected chi connectivity index (χ1v) is 6.64. The van der Waals surface area contributed by atoms with Crippen LogP contribution in [0.15, 0.2) is 54.6 Å². The Bertz CT molecular complexity index is 748. The number of nitrogens with zero attached hydrogens (tertiary/aromatic N) is 2. The second-order valence-electron chi connectivity index (χ2n) is 4.59. The van der Waals surface area contributed by atoms with Crippen LogP contribution < -0.4 is 0 Å². The third-order valence-corrected chi connectivity index (χ3v) is 3.19. The summed E-state index contributed by atoms with van der Waals surface area (Å²) in [7, 11) is 1.12. The van der Waals surface area contributed by atoms with E-state index in [4.69, 9.17) is 5.53 Å². The molecule has 0 radical (unpaired) electrons. The first-order chi connectivity index (χ1) is 10.7. The third kappa shape index (κ3) is 3.34. The molecule has 2 aromatic carbocycles. The van der Waals surface area contributed by atoms with E-state index in [0.29, 0.717) is 12.0 Å². The molecule has 0 aromatic heterocycles. The van der Waals surface area contributed by atoms with Gasteiger partial charge in [0.2, 0.25) is 0 Å². The highest BCUT2D eigenvalue weighted by atomic mass is 16.5. The van der Waals surface area contributed by atoms with Crippen LogP contribution in [0.4, 0.5) is 0 Å².